The van der Waals surface area contributed by atoms with Crippen LogP contribution in [0.5, 0.6) is 0 Å². The fourth-order valence-corrected chi connectivity index (χ4v) is 4.73. The molecule has 3 amide bonds. The van der Waals surface area contributed by atoms with E-state index >= 15 is 0 Å². The number of fused-ring (bicyclic) bond motifs is 1. The van der Waals surface area contributed by atoms with Gasteiger partial charge in [-0.3, -0.25) is 19.2 Å². The number of aromatic nitrogens is 1. The monoisotopic (exact) mass is 472 g/mol. The van der Waals surface area contributed by atoms with Crippen LogP contribution in [0.4, 0.5) is 0 Å². The van der Waals surface area contributed by atoms with Gasteiger partial charge in [-0.05, 0) is 43.7 Å². The van der Waals surface area contributed by atoms with Crippen LogP contribution in [0.15, 0.2) is 24.3 Å². The molecule has 1 aromatic heterocycles. The van der Waals surface area contributed by atoms with Crippen LogP contribution < -0.4 is 16.4 Å². The van der Waals surface area contributed by atoms with E-state index in [2.05, 4.69) is 15.6 Å². The summed E-state index contributed by atoms with van der Waals surface area (Å²) in [4.78, 5) is 53.2. The normalized spacial score (nSPS) is 20.3. The highest BCUT2D eigenvalue weighted by Gasteiger charge is 2.34. The van der Waals surface area contributed by atoms with Gasteiger partial charge in [-0.25, -0.2) is 0 Å². The van der Waals surface area contributed by atoms with Gasteiger partial charge in [-0.1, -0.05) is 43.0 Å². The van der Waals surface area contributed by atoms with Crippen molar-refractivity contribution in [1.82, 2.24) is 15.6 Å². The number of primary amides is 1. The second kappa shape index (κ2) is 9.95. The Kier molecular flexibility index (Phi) is 7.02. The van der Waals surface area contributed by atoms with E-state index in [0.717, 1.165) is 31.1 Å². The minimum atomic E-state index is -0.949. The molecule has 9 heteroatoms. The SMILES string of the molecule is NC(=O)[C@H](C[C@@H]1CCCCC1=O)NC(=O)[C@H](CC1CC1)NC(=O)c1cc2cccc(Cl)c2[nH]1. The molecule has 0 unspecified atom stereocenters. The Hall–Kier alpha value is -2.87. The van der Waals surface area contributed by atoms with Crippen LogP contribution in [0.25, 0.3) is 10.9 Å². The predicted octanol–water partition coefficient (Wildman–Crippen LogP) is 2.84. The average Bonchev–Trinajstić information content (AvgIpc) is 3.48. The highest BCUT2D eigenvalue weighted by atomic mass is 35.5. The van der Waals surface area contributed by atoms with Crippen LogP contribution in [0.2, 0.25) is 5.02 Å². The van der Waals surface area contributed by atoms with Crippen LogP contribution in [-0.2, 0) is 14.4 Å². The molecule has 1 aromatic carbocycles. The molecule has 33 heavy (non-hydrogen) atoms. The van der Waals surface area contributed by atoms with Crippen molar-refractivity contribution in [2.75, 3.05) is 0 Å². The van der Waals surface area contributed by atoms with Crippen LogP contribution in [0.1, 0.15) is 61.9 Å². The van der Waals surface area contributed by atoms with Gasteiger partial charge >= 0.3 is 0 Å². The number of hydrogen-bond donors (Lipinski definition) is 4. The molecule has 176 valence electrons. The molecule has 2 aliphatic carbocycles. The molecule has 4 rings (SSSR count). The zero-order valence-electron chi connectivity index (χ0n) is 18.4. The van der Waals surface area contributed by atoms with Crippen molar-refractivity contribution in [2.45, 2.75) is 63.5 Å². The highest BCUT2D eigenvalue weighted by Crippen LogP contribution is 2.34. The second-order valence-electron chi connectivity index (χ2n) is 9.20. The number of carbonyl (C=O) groups is 4. The maximum Gasteiger partial charge on any atom is 0.268 e. The molecular formula is C24H29ClN4O4. The van der Waals surface area contributed by atoms with Gasteiger partial charge in [-0.15, -0.1) is 0 Å². The third-order valence-corrected chi connectivity index (χ3v) is 6.91. The second-order valence-corrected chi connectivity index (χ2v) is 9.61. The number of amides is 3. The fourth-order valence-electron chi connectivity index (χ4n) is 4.50. The number of rotatable bonds is 9. The van der Waals surface area contributed by atoms with E-state index in [-0.39, 0.29) is 18.1 Å². The number of aromatic amines is 1. The largest absolute Gasteiger partial charge is 0.368 e. The van der Waals surface area contributed by atoms with Gasteiger partial charge in [0.2, 0.25) is 11.8 Å². The van der Waals surface area contributed by atoms with Gasteiger partial charge in [0.05, 0.1) is 10.5 Å². The quantitative estimate of drug-likeness (QED) is 0.446. The van der Waals surface area contributed by atoms with E-state index in [1.807, 2.05) is 6.07 Å². The van der Waals surface area contributed by atoms with Crippen LogP contribution in [0.3, 0.4) is 0 Å². The summed E-state index contributed by atoms with van der Waals surface area (Å²) in [5.41, 5.74) is 6.49. The minimum Gasteiger partial charge on any atom is -0.368 e. The first kappa shape index (κ1) is 23.3. The number of benzene rings is 1. The van der Waals surface area contributed by atoms with Crippen molar-refractivity contribution in [3.63, 3.8) is 0 Å². The lowest BCUT2D eigenvalue weighted by Gasteiger charge is -2.26. The van der Waals surface area contributed by atoms with Crippen LogP contribution >= 0.6 is 11.6 Å². The number of ketones is 1. The van der Waals surface area contributed by atoms with Crippen molar-refractivity contribution in [3.05, 3.63) is 35.0 Å². The Labute approximate surface area is 197 Å². The zero-order chi connectivity index (χ0) is 23.5. The molecule has 0 radical (unpaired) electrons. The average molecular weight is 473 g/mol. The Morgan fingerprint density at radius 3 is 2.55 bits per heavy atom. The van der Waals surface area contributed by atoms with Crippen molar-refractivity contribution >= 4 is 46.0 Å². The van der Waals surface area contributed by atoms with E-state index < -0.39 is 29.8 Å². The van der Waals surface area contributed by atoms with Gasteiger partial charge in [0.15, 0.2) is 0 Å². The number of para-hydroxylation sites is 1. The Balaban J connectivity index is 1.45. The van der Waals surface area contributed by atoms with Gasteiger partial charge in [-0.2, -0.15) is 0 Å². The maximum absolute atomic E-state index is 13.1. The Bertz CT molecular complexity index is 1080. The molecule has 0 aliphatic heterocycles. The molecule has 1 heterocycles. The molecule has 5 N–H and O–H groups in total. The summed E-state index contributed by atoms with van der Waals surface area (Å²) in [5, 5.41) is 6.79. The summed E-state index contributed by atoms with van der Waals surface area (Å²) in [6.07, 6.45) is 5.65. The summed E-state index contributed by atoms with van der Waals surface area (Å²) in [6, 6.07) is 5.29. The van der Waals surface area contributed by atoms with Crippen LogP contribution in [-0.4, -0.2) is 40.6 Å². The van der Waals surface area contributed by atoms with E-state index in [9.17, 15) is 19.2 Å². The zero-order valence-corrected chi connectivity index (χ0v) is 19.1. The van der Waals surface area contributed by atoms with Gasteiger partial charge in [0.1, 0.15) is 23.6 Å². The van der Waals surface area contributed by atoms with Gasteiger partial charge in [0, 0.05) is 17.7 Å². The molecule has 8 nitrogen and oxygen atoms in total. The number of hydrogen-bond acceptors (Lipinski definition) is 4. The Morgan fingerprint density at radius 1 is 1.09 bits per heavy atom. The van der Waals surface area contributed by atoms with Gasteiger partial charge in [0.25, 0.3) is 5.91 Å². The van der Waals surface area contributed by atoms with Crippen molar-refractivity contribution in [2.24, 2.45) is 17.6 Å². The van der Waals surface area contributed by atoms with Crippen LogP contribution in [0, 0.1) is 11.8 Å². The maximum atomic E-state index is 13.1. The number of nitrogens with one attached hydrogen (secondary N) is 3. The summed E-state index contributed by atoms with van der Waals surface area (Å²) in [5.74, 6) is -1.38. The lowest BCUT2D eigenvalue weighted by molar-refractivity contribution is -0.130. The number of H-pyrrole nitrogens is 1. The highest BCUT2D eigenvalue weighted by molar-refractivity contribution is 6.35. The van der Waals surface area contributed by atoms with Gasteiger partial charge < -0.3 is 21.4 Å². The number of carbonyl (C=O) groups excluding carboxylic acids is 4. The lowest BCUT2D eigenvalue weighted by Crippen LogP contribution is -2.54. The molecule has 3 atom stereocenters. The molecule has 2 fully saturated rings. The topological polar surface area (TPSA) is 134 Å². The van der Waals surface area contributed by atoms with E-state index in [4.69, 9.17) is 17.3 Å². The first-order chi connectivity index (χ1) is 15.8. The summed E-state index contributed by atoms with van der Waals surface area (Å²) in [6.45, 7) is 0. The molecular weight excluding hydrogens is 444 g/mol. The molecule has 2 saturated carbocycles. The van der Waals surface area contributed by atoms with E-state index in [1.54, 1.807) is 18.2 Å². The molecule has 2 aromatic rings. The predicted molar refractivity (Wildman–Crippen MR) is 125 cm³/mol. The minimum absolute atomic E-state index is 0.113. The van der Waals surface area contributed by atoms with Crippen molar-refractivity contribution in [3.8, 4) is 0 Å². The fraction of sp³-hybridized carbons (Fsp3) is 0.500. The standard InChI is InChI=1S/C24H29ClN4O4/c25-16-6-3-5-15-12-19(27-21(15)16)24(33)29-18(10-13-8-9-13)23(32)28-17(22(26)31)11-14-4-1-2-7-20(14)30/h3,5-6,12-14,17-18,27H,1-2,4,7-11H2,(H2,26,31)(H,28,32)(H,29,33)/t14-,17-,18-/m0/s1. The number of nitrogens with two attached hydrogens (primary N) is 1. The third-order valence-electron chi connectivity index (χ3n) is 6.60. The Morgan fingerprint density at radius 2 is 1.88 bits per heavy atom. The first-order valence-corrected chi connectivity index (χ1v) is 11.9. The van der Waals surface area contributed by atoms with E-state index in [0.29, 0.717) is 41.4 Å². The smallest absolute Gasteiger partial charge is 0.268 e. The number of Topliss-reactive ketones (excluding diaryl/α,β-unsaturated/α-hetero) is 1. The first-order valence-electron chi connectivity index (χ1n) is 11.5. The summed E-state index contributed by atoms with van der Waals surface area (Å²) < 4.78 is 0. The molecule has 2 aliphatic rings. The molecule has 0 spiro atoms. The molecule has 0 bridgehead atoms. The molecule has 0 saturated heterocycles. The summed E-state index contributed by atoms with van der Waals surface area (Å²) in [7, 11) is 0. The third kappa shape index (κ3) is 5.74. The van der Waals surface area contributed by atoms with Crippen molar-refractivity contribution in [1.29, 1.82) is 0 Å². The van der Waals surface area contributed by atoms with E-state index in [1.165, 1.54) is 0 Å². The number of halogens is 1. The van der Waals surface area contributed by atoms with Crippen molar-refractivity contribution < 1.29 is 19.2 Å². The summed E-state index contributed by atoms with van der Waals surface area (Å²) >= 11 is 6.19. The lowest BCUT2D eigenvalue weighted by atomic mass is 9.83.